The Morgan fingerprint density at radius 3 is 2.06 bits per heavy atom. The van der Waals surface area contributed by atoms with Crippen LogP contribution in [0.4, 0.5) is 8.78 Å². The first-order valence-corrected chi connectivity index (χ1v) is 13.3. The number of rotatable bonds is 5. The van der Waals surface area contributed by atoms with Gasteiger partial charge in [-0.05, 0) is 36.4 Å². The van der Waals surface area contributed by atoms with Crippen molar-refractivity contribution in [2.45, 2.75) is 0 Å². The molecule has 1 aliphatic heterocycles. The SMILES string of the molecule is O=C(OCC[NH+]1CCN(C(=O)c2sc3cc(F)ccc3c2Cl)CC1)c1sc2cc(F)ccc2c1Cl. The molecule has 0 spiro atoms. The number of nitrogens with one attached hydrogen (secondary N) is 1. The van der Waals surface area contributed by atoms with Crippen molar-refractivity contribution in [1.82, 2.24) is 4.90 Å². The smallest absolute Gasteiger partial charge is 0.350 e. The molecule has 35 heavy (non-hydrogen) atoms. The summed E-state index contributed by atoms with van der Waals surface area (Å²) in [6.07, 6.45) is 0. The van der Waals surface area contributed by atoms with E-state index >= 15 is 0 Å². The Morgan fingerprint density at radius 2 is 1.46 bits per heavy atom. The molecule has 1 N–H and O–H groups in total. The third-order valence-electron chi connectivity index (χ3n) is 6.01. The summed E-state index contributed by atoms with van der Waals surface area (Å²) in [7, 11) is 0. The second-order valence-electron chi connectivity index (χ2n) is 8.20. The van der Waals surface area contributed by atoms with Crippen LogP contribution in [0.1, 0.15) is 19.3 Å². The standard InChI is InChI=1S/C24H18Cl2F2N2O3S2/c25-19-15-3-1-13(27)11-17(15)34-21(19)23(31)30-7-5-29(6-8-30)9-10-33-24(32)22-20(26)16-4-2-14(28)12-18(16)35-22/h1-4,11-12H,5-10H2/p+1. The van der Waals surface area contributed by atoms with E-state index in [1.54, 1.807) is 17.0 Å². The van der Waals surface area contributed by atoms with Gasteiger partial charge in [0.25, 0.3) is 5.91 Å². The fraction of sp³-hybridized carbons (Fsp3) is 0.250. The Bertz CT molecular complexity index is 1450. The molecule has 3 heterocycles. The number of fused-ring (bicyclic) bond motifs is 2. The molecule has 0 aliphatic carbocycles. The van der Waals surface area contributed by atoms with E-state index in [4.69, 9.17) is 27.9 Å². The lowest BCUT2D eigenvalue weighted by molar-refractivity contribution is -0.904. The van der Waals surface area contributed by atoms with Crippen molar-refractivity contribution in [3.05, 3.63) is 67.8 Å². The van der Waals surface area contributed by atoms with Gasteiger partial charge in [0.2, 0.25) is 0 Å². The van der Waals surface area contributed by atoms with E-state index in [1.165, 1.54) is 40.5 Å². The molecule has 4 aromatic rings. The van der Waals surface area contributed by atoms with Gasteiger partial charge in [-0.3, -0.25) is 4.79 Å². The third-order valence-corrected chi connectivity index (χ3v) is 9.29. The Morgan fingerprint density at radius 1 is 0.914 bits per heavy atom. The molecular formula is C24H19Cl2F2N2O3S2+. The lowest BCUT2D eigenvalue weighted by Crippen LogP contribution is -3.15. The monoisotopic (exact) mass is 555 g/mol. The minimum Gasteiger partial charge on any atom is -0.455 e. The van der Waals surface area contributed by atoms with Crippen LogP contribution in [-0.4, -0.2) is 56.1 Å². The number of piperazine rings is 1. The molecule has 0 unspecified atom stereocenters. The number of quaternary nitrogens is 1. The van der Waals surface area contributed by atoms with Crippen LogP contribution in [0.2, 0.25) is 10.0 Å². The van der Waals surface area contributed by atoms with Crippen molar-refractivity contribution in [2.24, 2.45) is 0 Å². The number of thiophene rings is 2. The predicted octanol–water partition coefficient (Wildman–Crippen LogP) is 4.90. The van der Waals surface area contributed by atoms with Gasteiger partial charge in [0.1, 0.15) is 34.5 Å². The van der Waals surface area contributed by atoms with Gasteiger partial charge in [-0.15, -0.1) is 22.7 Å². The molecule has 1 amide bonds. The summed E-state index contributed by atoms with van der Waals surface area (Å²) in [6, 6.07) is 8.51. The molecule has 1 aliphatic rings. The summed E-state index contributed by atoms with van der Waals surface area (Å²) in [5.41, 5.74) is 0. The van der Waals surface area contributed by atoms with Crippen molar-refractivity contribution >= 4 is 77.9 Å². The van der Waals surface area contributed by atoms with Gasteiger partial charge in [-0.2, -0.15) is 0 Å². The van der Waals surface area contributed by atoms with Crippen molar-refractivity contribution in [3.8, 4) is 0 Å². The molecule has 0 atom stereocenters. The summed E-state index contributed by atoms with van der Waals surface area (Å²) in [4.78, 5) is 29.1. The molecule has 0 radical (unpaired) electrons. The van der Waals surface area contributed by atoms with Crippen LogP contribution >= 0.6 is 45.9 Å². The largest absolute Gasteiger partial charge is 0.455 e. The quantitative estimate of drug-likeness (QED) is 0.356. The molecular weight excluding hydrogens is 537 g/mol. The summed E-state index contributed by atoms with van der Waals surface area (Å²) in [5.74, 6) is -1.44. The Balaban J connectivity index is 1.14. The maximum atomic E-state index is 13.5. The van der Waals surface area contributed by atoms with Gasteiger partial charge < -0.3 is 14.5 Å². The molecule has 2 aromatic carbocycles. The lowest BCUT2D eigenvalue weighted by atomic mass is 10.2. The van der Waals surface area contributed by atoms with E-state index in [9.17, 15) is 18.4 Å². The van der Waals surface area contributed by atoms with Crippen LogP contribution in [0.15, 0.2) is 36.4 Å². The molecule has 11 heteroatoms. The Kier molecular flexibility index (Phi) is 6.96. The number of hydrogen-bond acceptors (Lipinski definition) is 5. The summed E-state index contributed by atoms with van der Waals surface area (Å²) in [6.45, 7) is 3.26. The third kappa shape index (κ3) is 4.88. The molecule has 5 nitrogen and oxygen atoms in total. The number of carbonyl (C=O) groups is 2. The second-order valence-corrected chi connectivity index (χ2v) is 11.1. The predicted molar refractivity (Wildman–Crippen MR) is 135 cm³/mol. The fourth-order valence-electron chi connectivity index (χ4n) is 4.12. The first-order valence-electron chi connectivity index (χ1n) is 10.9. The van der Waals surface area contributed by atoms with E-state index in [0.29, 0.717) is 62.8 Å². The van der Waals surface area contributed by atoms with Crippen molar-refractivity contribution in [2.75, 3.05) is 39.3 Å². The zero-order valence-electron chi connectivity index (χ0n) is 18.2. The zero-order chi connectivity index (χ0) is 24.7. The highest BCUT2D eigenvalue weighted by molar-refractivity contribution is 7.22. The highest BCUT2D eigenvalue weighted by Gasteiger charge is 2.28. The van der Waals surface area contributed by atoms with Crippen LogP contribution < -0.4 is 4.90 Å². The molecule has 182 valence electrons. The second kappa shape index (κ2) is 9.99. The topological polar surface area (TPSA) is 51.1 Å². The Labute approximate surface area is 217 Å². The number of amides is 1. The van der Waals surface area contributed by atoms with Crippen molar-refractivity contribution in [1.29, 1.82) is 0 Å². The molecule has 2 aromatic heterocycles. The summed E-state index contributed by atoms with van der Waals surface area (Å²) < 4.78 is 33.6. The van der Waals surface area contributed by atoms with E-state index < -0.39 is 5.97 Å². The van der Waals surface area contributed by atoms with Gasteiger partial charge in [0, 0.05) is 20.2 Å². The number of esters is 1. The van der Waals surface area contributed by atoms with Crippen LogP contribution in [0.3, 0.4) is 0 Å². The zero-order valence-corrected chi connectivity index (χ0v) is 21.4. The summed E-state index contributed by atoms with van der Waals surface area (Å²) in [5, 5.41) is 1.94. The van der Waals surface area contributed by atoms with Gasteiger partial charge in [-0.1, -0.05) is 23.2 Å². The number of benzene rings is 2. The minimum atomic E-state index is -0.527. The highest BCUT2D eigenvalue weighted by Crippen LogP contribution is 2.37. The molecule has 1 saturated heterocycles. The number of ether oxygens (including phenoxy) is 1. The molecule has 0 saturated carbocycles. The van der Waals surface area contributed by atoms with E-state index in [2.05, 4.69) is 0 Å². The van der Waals surface area contributed by atoms with Gasteiger partial charge in [0.05, 0.1) is 36.2 Å². The molecule has 1 fully saturated rings. The average Bonchev–Trinajstić information content (AvgIpc) is 3.34. The fourth-order valence-corrected chi connectivity index (χ4v) is 7.05. The normalized spacial score (nSPS) is 14.7. The van der Waals surface area contributed by atoms with E-state index in [-0.39, 0.29) is 34.0 Å². The van der Waals surface area contributed by atoms with Crippen LogP contribution in [0, 0.1) is 11.6 Å². The van der Waals surface area contributed by atoms with Crippen molar-refractivity contribution in [3.63, 3.8) is 0 Å². The lowest BCUT2D eigenvalue weighted by Gasteiger charge is -2.31. The number of nitrogens with zero attached hydrogens (tertiary/aromatic N) is 1. The van der Waals surface area contributed by atoms with Crippen LogP contribution in [-0.2, 0) is 4.74 Å². The van der Waals surface area contributed by atoms with Crippen LogP contribution in [0.5, 0.6) is 0 Å². The van der Waals surface area contributed by atoms with Crippen LogP contribution in [0.25, 0.3) is 20.2 Å². The van der Waals surface area contributed by atoms with E-state index in [1.807, 2.05) is 0 Å². The maximum absolute atomic E-state index is 13.5. The molecule has 5 rings (SSSR count). The minimum absolute atomic E-state index is 0.155. The number of carbonyl (C=O) groups excluding carboxylic acids is 2. The van der Waals surface area contributed by atoms with Crippen molar-refractivity contribution < 1.29 is 28.0 Å². The van der Waals surface area contributed by atoms with Gasteiger partial charge >= 0.3 is 5.97 Å². The average molecular weight is 556 g/mol. The Hall–Kier alpha value is -2.30. The number of halogens is 4. The maximum Gasteiger partial charge on any atom is 0.350 e. The molecule has 0 bridgehead atoms. The summed E-state index contributed by atoms with van der Waals surface area (Å²) >= 11 is 15.0. The highest BCUT2D eigenvalue weighted by atomic mass is 35.5. The van der Waals surface area contributed by atoms with Gasteiger partial charge in [-0.25, -0.2) is 13.6 Å². The number of hydrogen-bond donors (Lipinski definition) is 1. The van der Waals surface area contributed by atoms with E-state index in [0.717, 1.165) is 11.3 Å². The first-order chi connectivity index (χ1) is 16.8. The first kappa shape index (κ1) is 24.4. The van der Waals surface area contributed by atoms with Gasteiger partial charge in [0.15, 0.2) is 0 Å².